The normalized spacial score (nSPS) is 10.7. The zero-order valence-corrected chi connectivity index (χ0v) is 9.86. The third-order valence-electron chi connectivity index (χ3n) is 2.94. The summed E-state index contributed by atoms with van der Waals surface area (Å²) in [5.74, 6) is 0.801. The van der Waals surface area contributed by atoms with Crippen LogP contribution in [-0.4, -0.2) is 17.1 Å². The highest BCUT2D eigenvalue weighted by atomic mass is 16.5. The molecule has 0 aliphatic heterocycles. The zero-order valence-electron chi connectivity index (χ0n) is 9.86. The van der Waals surface area contributed by atoms with Crippen LogP contribution in [0.15, 0.2) is 47.4 Å². The van der Waals surface area contributed by atoms with E-state index in [1.54, 1.807) is 19.4 Å². The minimum Gasteiger partial charge on any atom is -0.497 e. The Kier molecular flexibility index (Phi) is 2.41. The van der Waals surface area contributed by atoms with Gasteiger partial charge in [-0.05, 0) is 36.4 Å². The number of hydrogen-bond acceptors (Lipinski definition) is 2. The van der Waals surface area contributed by atoms with Crippen LogP contribution in [0, 0.1) is 0 Å². The fraction of sp³-hybridized carbons (Fsp3) is 0.0714. The first-order valence-corrected chi connectivity index (χ1v) is 5.63. The molecule has 0 saturated carbocycles. The number of H-pyrrole nitrogens is 2. The van der Waals surface area contributed by atoms with Crippen LogP contribution in [0.1, 0.15) is 0 Å². The SMILES string of the molecule is COc1ccc2[nH]c(-c3ccc[nH]c3=O)cc2c1. The Morgan fingerprint density at radius 1 is 1.17 bits per heavy atom. The highest BCUT2D eigenvalue weighted by molar-refractivity contribution is 5.86. The van der Waals surface area contributed by atoms with Crippen molar-refractivity contribution in [1.29, 1.82) is 0 Å². The number of aromatic nitrogens is 2. The first-order valence-electron chi connectivity index (χ1n) is 5.63. The summed E-state index contributed by atoms with van der Waals surface area (Å²) in [5, 5.41) is 1.02. The van der Waals surface area contributed by atoms with Crippen molar-refractivity contribution in [3.05, 3.63) is 52.9 Å². The largest absolute Gasteiger partial charge is 0.497 e. The molecule has 18 heavy (non-hydrogen) atoms. The van der Waals surface area contributed by atoms with Crippen LogP contribution in [0.25, 0.3) is 22.2 Å². The maximum atomic E-state index is 11.7. The van der Waals surface area contributed by atoms with Gasteiger partial charge in [-0.1, -0.05) is 0 Å². The van der Waals surface area contributed by atoms with E-state index in [4.69, 9.17) is 4.74 Å². The summed E-state index contributed by atoms with van der Waals surface area (Å²) in [7, 11) is 1.64. The number of ether oxygens (including phenoxy) is 1. The van der Waals surface area contributed by atoms with Crippen molar-refractivity contribution in [2.45, 2.75) is 0 Å². The van der Waals surface area contributed by atoms with E-state index in [0.29, 0.717) is 5.56 Å². The standard InChI is InChI=1S/C14H12N2O2/c1-18-10-4-5-12-9(7-10)8-13(16-12)11-3-2-6-15-14(11)17/h2-8,16H,1H3,(H,15,17). The minimum absolute atomic E-state index is 0.101. The lowest BCUT2D eigenvalue weighted by Gasteiger charge is -1.97. The molecule has 1 aromatic carbocycles. The molecule has 3 aromatic rings. The highest BCUT2D eigenvalue weighted by Crippen LogP contribution is 2.25. The summed E-state index contributed by atoms with van der Waals surface area (Å²) in [6.07, 6.45) is 1.62. The van der Waals surface area contributed by atoms with Crippen molar-refractivity contribution in [1.82, 2.24) is 9.97 Å². The van der Waals surface area contributed by atoms with Crippen molar-refractivity contribution in [2.75, 3.05) is 7.11 Å². The molecule has 0 aliphatic rings. The van der Waals surface area contributed by atoms with Crippen LogP contribution in [0.2, 0.25) is 0 Å². The van der Waals surface area contributed by atoms with Crippen molar-refractivity contribution in [2.24, 2.45) is 0 Å². The van der Waals surface area contributed by atoms with Gasteiger partial charge in [-0.25, -0.2) is 0 Å². The Balaban J connectivity index is 2.20. The Labute approximate surface area is 103 Å². The number of benzene rings is 1. The molecule has 0 fully saturated rings. The smallest absolute Gasteiger partial charge is 0.257 e. The molecule has 90 valence electrons. The molecule has 0 bridgehead atoms. The molecule has 0 atom stereocenters. The number of aromatic amines is 2. The van der Waals surface area contributed by atoms with Gasteiger partial charge >= 0.3 is 0 Å². The average molecular weight is 240 g/mol. The number of fused-ring (bicyclic) bond motifs is 1. The molecule has 0 radical (unpaired) electrons. The zero-order chi connectivity index (χ0) is 12.5. The molecule has 0 aliphatic carbocycles. The number of pyridine rings is 1. The van der Waals surface area contributed by atoms with Crippen molar-refractivity contribution >= 4 is 10.9 Å². The summed E-state index contributed by atoms with van der Waals surface area (Å²) in [4.78, 5) is 17.6. The second-order valence-corrected chi connectivity index (χ2v) is 4.05. The first kappa shape index (κ1) is 10.7. The second kappa shape index (κ2) is 4.07. The van der Waals surface area contributed by atoms with Gasteiger partial charge in [-0.15, -0.1) is 0 Å². The van der Waals surface area contributed by atoms with Crippen LogP contribution >= 0.6 is 0 Å². The van der Waals surface area contributed by atoms with Crippen molar-refractivity contribution in [3.63, 3.8) is 0 Å². The van der Waals surface area contributed by atoms with E-state index in [1.807, 2.05) is 30.3 Å². The summed E-state index contributed by atoms with van der Waals surface area (Å²) < 4.78 is 5.18. The van der Waals surface area contributed by atoms with Crippen LogP contribution in [0.4, 0.5) is 0 Å². The molecule has 2 N–H and O–H groups in total. The van der Waals surface area contributed by atoms with Gasteiger partial charge in [0, 0.05) is 17.1 Å². The molecule has 3 rings (SSSR count). The number of rotatable bonds is 2. The molecular weight excluding hydrogens is 228 g/mol. The Bertz CT molecular complexity index is 756. The third-order valence-corrected chi connectivity index (χ3v) is 2.94. The Morgan fingerprint density at radius 3 is 2.83 bits per heavy atom. The fourth-order valence-corrected chi connectivity index (χ4v) is 2.02. The van der Waals surface area contributed by atoms with Gasteiger partial charge in [-0.3, -0.25) is 4.79 Å². The highest BCUT2D eigenvalue weighted by Gasteiger charge is 2.06. The van der Waals surface area contributed by atoms with E-state index in [-0.39, 0.29) is 5.56 Å². The van der Waals surface area contributed by atoms with E-state index in [0.717, 1.165) is 22.3 Å². The van der Waals surface area contributed by atoms with Gasteiger partial charge < -0.3 is 14.7 Å². The maximum Gasteiger partial charge on any atom is 0.257 e. The monoisotopic (exact) mass is 240 g/mol. The van der Waals surface area contributed by atoms with Crippen molar-refractivity contribution < 1.29 is 4.74 Å². The molecule has 0 unspecified atom stereocenters. The maximum absolute atomic E-state index is 11.7. The lowest BCUT2D eigenvalue weighted by Crippen LogP contribution is -2.06. The fourth-order valence-electron chi connectivity index (χ4n) is 2.02. The number of methoxy groups -OCH3 is 1. The van der Waals surface area contributed by atoms with E-state index >= 15 is 0 Å². The lowest BCUT2D eigenvalue weighted by molar-refractivity contribution is 0.415. The predicted molar refractivity (Wildman–Crippen MR) is 70.9 cm³/mol. The van der Waals surface area contributed by atoms with E-state index < -0.39 is 0 Å². The molecule has 0 saturated heterocycles. The van der Waals surface area contributed by atoms with Gasteiger partial charge in [0.2, 0.25) is 0 Å². The quantitative estimate of drug-likeness (QED) is 0.723. The molecule has 0 spiro atoms. The molecule has 2 aromatic heterocycles. The summed E-state index contributed by atoms with van der Waals surface area (Å²) in [6.45, 7) is 0. The van der Waals surface area contributed by atoms with Crippen LogP contribution in [0.3, 0.4) is 0 Å². The minimum atomic E-state index is -0.101. The summed E-state index contributed by atoms with van der Waals surface area (Å²) >= 11 is 0. The molecule has 4 heteroatoms. The van der Waals surface area contributed by atoms with Gasteiger partial charge in [0.25, 0.3) is 5.56 Å². The topological polar surface area (TPSA) is 57.9 Å². The second-order valence-electron chi connectivity index (χ2n) is 4.05. The Morgan fingerprint density at radius 2 is 2.06 bits per heavy atom. The first-order chi connectivity index (χ1) is 8.78. The lowest BCUT2D eigenvalue weighted by atomic mass is 10.2. The molecule has 2 heterocycles. The van der Waals surface area contributed by atoms with Gasteiger partial charge in [0.05, 0.1) is 18.4 Å². The number of nitrogens with one attached hydrogen (secondary N) is 2. The third kappa shape index (κ3) is 1.68. The van der Waals surface area contributed by atoms with Crippen LogP contribution < -0.4 is 10.3 Å². The molecular formula is C14H12N2O2. The summed E-state index contributed by atoms with van der Waals surface area (Å²) in [5.41, 5.74) is 2.32. The van der Waals surface area contributed by atoms with Crippen molar-refractivity contribution in [3.8, 4) is 17.0 Å². The Hall–Kier alpha value is -2.49. The van der Waals surface area contributed by atoms with Crippen LogP contribution in [-0.2, 0) is 0 Å². The summed E-state index contributed by atoms with van der Waals surface area (Å²) in [6, 6.07) is 11.3. The average Bonchev–Trinajstić information content (AvgIpc) is 2.81. The van der Waals surface area contributed by atoms with E-state index in [9.17, 15) is 4.79 Å². The van der Waals surface area contributed by atoms with Crippen LogP contribution in [0.5, 0.6) is 5.75 Å². The molecule has 4 nitrogen and oxygen atoms in total. The van der Waals surface area contributed by atoms with E-state index in [1.165, 1.54) is 0 Å². The molecule has 0 amide bonds. The van der Waals surface area contributed by atoms with Gasteiger partial charge in [0.1, 0.15) is 5.75 Å². The van der Waals surface area contributed by atoms with Gasteiger partial charge in [-0.2, -0.15) is 0 Å². The number of hydrogen-bond donors (Lipinski definition) is 2. The van der Waals surface area contributed by atoms with Gasteiger partial charge in [0.15, 0.2) is 0 Å². The van der Waals surface area contributed by atoms with E-state index in [2.05, 4.69) is 9.97 Å². The predicted octanol–water partition coefficient (Wildman–Crippen LogP) is 2.53.